The maximum absolute atomic E-state index is 13.6. The van der Waals surface area contributed by atoms with Crippen LogP contribution in [-0.4, -0.2) is 17.9 Å². The molecule has 0 saturated heterocycles. The van der Waals surface area contributed by atoms with Gasteiger partial charge in [0.05, 0.1) is 0 Å². The Bertz CT molecular complexity index is 1070. The minimum Gasteiger partial charge on any atom is -0.399 e. The number of anilines is 2. The van der Waals surface area contributed by atoms with Gasteiger partial charge >= 0.3 is 0 Å². The maximum Gasteiger partial charge on any atom is 0.255 e. The number of aromatic amines is 1. The number of carbonyl (C=O) groups excluding carboxylic acids is 1. The second-order valence-electron chi connectivity index (χ2n) is 8.39. The Labute approximate surface area is 177 Å². The van der Waals surface area contributed by atoms with E-state index in [4.69, 9.17) is 5.73 Å². The van der Waals surface area contributed by atoms with Gasteiger partial charge in [-0.15, -0.1) is 0 Å². The summed E-state index contributed by atoms with van der Waals surface area (Å²) in [5, 5.41) is 1.44. The first-order chi connectivity index (χ1) is 14.3. The number of benzene rings is 2. The summed E-state index contributed by atoms with van der Waals surface area (Å²) in [5.74, 6) is 0.529. The molecule has 1 aromatic heterocycles. The Kier molecular flexibility index (Phi) is 6.60. The Hall–Kier alpha value is -3.08. The van der Waals surface area contributed by atoms with Crippen molar-refractivity contribution in [1.29, 1.82) is 0 Å². The maximum atomic E-state index is 13.6. The Morgan fingerprint density at radius 2 is 1.80 bits per heavy atom. The van der Waals surface area contributed by atoms with Gasteiger partial charge < -0.3 is 15.6 Å². The van der Waals surface area contributed by atoms with Gasteiger partial charge in [-0.05, 0) is 72.0 Å². The number of hydrogen-bond acceptors (Lipinski definition) is 3. The van der Waals surface area contributed by atoms with Crippen molar-refractivity contribution >= 4 is 28.1 Å². The molecule has 5 heteroatoms. The number of amides is 1. The third kappa shape index (κ3) is 4.56. The second-order valence-corrected chi connectivity index (χ2v) is 8.39. The lowest BCUT2D eigenvalue weighted by molar-refractivity contribution is -0.123. The van der Waals surface area contributed by atoms with E-state index >= 15 is 0 Å². The average molecular weight is 406 g/mol. The van der Waals surface area contributed by atoms with Crippen molar-refractivity contribution in [2.45, 2.75) is 39.5 Å². The molecule has 3 rings (SSSR count). The summed E-state index contributed by atoms with van der Waals surface area (Å²) in [6, 6.07) is 15.3. The molecule has 1 amide bonds. The lowest BCUT2D eigenvalue weighted by Gasteiger charge is -2.31. The fraction of sp³-hybridized carbons (Fsp3) is 0.360. The SMILES string of the molecule is CCC(C(=O)N(C)c1ccc2c(=O)[nH]ccc2c1)C(CC(C)C)c1ccc(N)cc1. The van der Waals surface area contributed by atoms with Crippen molar-refractivity contribution in [3.05, 3.63) is 70.6 Å². The first-order valence-electron chi connectivity index (χ1n) is 10.6. The van der Waals surface area contributed by atoms with Crippen LogP contribution in [-0.2, 0) is 4.79 Å². The fourth-order valence-corrected chi connectivity index (χ4v) is 4.18. The largest absolute Gasteiger partial charge is 0.399 e. The highest BCUT2D eigenvalue weighted by atomic mass is 16.2. The molecule has 0 fully saturated rings. The first kappa shape index (κ1) is 21.6. The Morgan fingerprint density at radius 1 is 1.10 bits per heavy atom. The van der Waals surface area contributed by atoms with Crippen molar-refractivity contribution in [3.8, 4) is 0 Å². The lowest BCUT2D eigenvalue weighted by atomic mass is 9.78. The molecule has 0 bridgehead atoms. The van der Waals surface area contributed by atoms with E-state index in [9.17, 15) is 9.59 Å². The minimum absolute atomic E-state index is 0.0872. The van der Waals surface area contributed by atoms with E-state index < -0.39 is 0 Å². The number of aromatic nitrogens is 1. The van der Waals surface area contributed by atoms with Crippen molar-refractivity contribution in [2.24, 2.45) is 11.8 Å². The summed E-state index contributed by atoms with van der Waals surface area (Å²) in [4.78, 5) is 30.0. The number of rotatable bonds is 7. The fourth-order valence-electron chi connectivity index (χ4n) is 4.18. The van der Waals surface area contributed by atoms with Crippen LogP contribution >= 0.6 is 0 Å². The number of nitrogens with zero attached hydrogens (tertiary/aromatic N) is 1. The summed E-state index contributed by atoms with van der Waals surface area (Å²) in [7, 11) is 1.81. The van der Waals surface area contributed by atoms with Crippen molar-refractivity contribution in [3.63, 3.8) is 0 Å². The molecule has 0 aliphatic carbocycles. The molecule has 2 aromatic carbocycles. The van der Waals surface area contributed by atoms with Crippen LogP contribution in [0.25, 0.3) is 10.8 Å². The number of carbonyl (C=O) groups is 1. The van der Waals surface area contributed by atoms with Gasteiger partial charge in [0.2, 0.25) is 5.91 Å². The summed E-state index contributed by atoms with van der Waals surface area (Å²) >= 11 is 0. The number of nitrogens with two attached hydrogens (primary N) is 1. The second kappa shape index (κ2) is 9.16. The van der Waals surface area contributed by atoms with Crippen LogP contribution in [0.4, 0.5) is 11.4 Å². The molecule has 158 valence electrons. The van der Waals surface area contributed by atoms with E-state index in [0.29, 0.717) is 11.3 Å². The van der Waals surface area contributed by atoms with Crippen LogP contribution in [0.15, 0.2) is 59.5 Å². The van der Waals surface area contributed by atoms with Crippen molar-refractivity contribution in [2.75, 3.05) is 17.7 Å². The predicted octanol–water partition coefficient (Wildman–Crippen LogP) is 4.93. The van der Waals surface area contributed by atoms with Gasteiger partial charge in [0.15, 0.2) is 0 Å². The normalized spacial score (nSPS) is 13.4. The zero-order valence-corrected chi connectivity index (χ0v) is 18.2. The highest BCUT2D eigenvalue weighted by Gasteiger charge is 2.31. The number of pyridine rings is 1. The highest BCUT2D eigenvalue weighted by molar-refractivity contribution is 5.97. The summed E-state index contributed by atoms with van der Waals surface area (Å²) in [5.41, 5.74) is 8.42. The summed E-state index contributed by atoms with van der Waals surface area (Å²) in [6.07, 6.45) is 3.30. The number of nitrogen functional groups attached to an aromatic ring is 1. The molecule has 2 atom stereocenters. The number of hydrogen-bond donors (Lipinski definition) is 2. The molecular formula is C25H31N3O2. The van der Waals surface area contributed by atoms with Crippen LogP contribution in [0.2, 0.25) is 0 Å². The van der Waals surface area contributed by atoms with Gasteiger partial charge in [-0.1, -0.05) is 32.9 Å². The molecule has 0 spiro atoms. The van der Waals surface area contributed by atoms with Gasteiger partial charge in [-0.2, -0.15) is 0 Å². The van der Waals surface area contributed by atoms with Crippen LogP contribution in [0.3, 0.4) is 0 Å². The van der Waals surface area contributed by atoms with Crippen LogP contribution in [0, 0.1) is 11.8 Å². The van der Waals surface area contributed by atoms with E-state index in [0.717, 1.165) is 35.2 Å². The van der Waals surface area contributed by atoms with Crippen LogP contribution in [0.1, 0.15) is 45.1 Å². The molecule has 2 unspecified atom stereocenters. The standard InChI is InChI=1S/C25H31N3O2/c1-5-21(23(14-16(2)3)17-6-8-19(26)9-7-17)25(30)28(4)20-10-11-22-18(15-20)12-13-27-24(22)29/h6-13,15-16,21,23H,5,14,26H2,1-4H3,(H,27,29). The summed E-state index contributed by atoms with van der Waals surface area (Å²) < 4.78 is 0. The molecule has 5 nitrogen and oxygen atoms in total. The highest BCUT2D eigenvalue weighted by Crippen LogP contribution is 2.35. The van der Waals surface area contributed by atoms with Gasteiger partial charge in [0.1, 0.15) is 0 Å². The molecule has 30 heavy (non-hydrogen) atoms. The molecule has 0 saturated carbocycles. The van der Waals surface area contributed by atoms with Gasteiger partial charge in [-0.3, -0.25) is 9.59 Å². The van der Waals surface area contributed by atoms with E-state index in [1.54, 1.807) is 17.2 Å². The minimum atomic E-state index is -0.143. The van der Waals surface area contributed by atoms with E-state index in [1.807, 2.05) is 49.5 Å². The zero-order valence-electron chi connectivity index (χ0n) is 18.2. The third-order valence-corrected chi connectivity index (χ3v) is 5.81. The monoisotopic (exact) mass is 405 g/mol. The van der Waals surface area contributed by atoms with E-state index in [2.05, 4.69) is 25.8 Å². The van der Waals surface area contributed by atoms with Gasteiger partial charge in [-0.25, -0.2) is 0 Å². The molecule has 0 radical (unpaired) electrons. The van der Waals surface area contributed by atoms with E-state index in [1.165, 1.54) is 0 Å². The predicted molar refractivity (Wildman–Crippen MR) is 125 cm³/mol. The number of fused-ring (bicyclic) bond motifs is 1. The molecule has 0 aliphatic heterocycles. The van der Waals surface area contributed by atoms with E-state index in [-0.39, 0.29) is 23.3 Å². The van der Waals surface area contributed by atoms with Crippen LogP contribution in [0.5, 0.6) is 0 Å². The third-order valence-electron chi connectivity index (χ3n) is 5.81. The quantitative estimate of drug-likeness (QED) is 0.547. The first-order valence-corrected chi connectivity index (χ1v) is 10.6. The Balaban J connectivity index is 1.94. The average Bonchev–Trinajstić information content (AvgIpc) is 2.73. The van der Waals surface area contributed by atoms with Crippen molar-refractivity contribution in [1.82, 2.24) is 4.98 Å². The number of nitrogens with one attached hydrogen (secondary N) is 1. The number of H-pyrrole nitrogens is 1. The molecular weight excluding hydrogens is 374 g/mol. The Morgan fingerprint density at radius 3 is 2.43 bits per heavy atom. The van der Waals surface area contributed by atoms with Gasteiger partial charge in [0.25, 0.3) is 5.56 Å². The van der Waals surface area contributed by atoms with Gasteiger partial charge in [0, 0.05) is 35.9 Å². The lowest BCUT2D eigenvalue weighted by Crippen LogP contribution is -2.36. The molecule has 1 heterocycles. The zero-order chi connectivity index (χ0) is 21.8. The van der Waals surface area contributed by atoms with Crippen molar-refractivity contribution < 1.29 is 4.79 Å². The topological polar surface area (TPSA) is 79.2 Å². The molecule has 0 aliphatic rings. The molecule has 3 aromatic rings. The van der Waals surface area contributed by atoms with Crippen LogP contribution < -0.4 is 16.2 Å². The molecule has 3 N–H and O–H groups in total. The summed E-state index contributed by atoms with van der Waals surface area (Å²) in [6.45, 7) is 6.44. The smallest absolute Gasteiger partial charge is 0.255 e.